The van der Waals surface area contributed by atoms with Gasteiger partial charge in [-0.3, -0.25) is 18.2 Å². The smallest absolute Gasteiger partial charge is 0.285 e. The van der Waals surface area contributed by atoms with Crippen molar-refractivity contribution in [3.05, 3.63) is 223 Å². The molecule has 78 heavy (non-hydrogen) atoms. The Morgan fingerprint density at radius 1 is 0.282 bits per heavy atom. The molecule has 0 radical (unpaired) electrons. The highest BCUT2D eigenvalue weighted by Gasteiger charge is 2.18. The minimum Gasteiger partial charge on any atom is -0.285 e. The maximum absolute atomic E-state index is 11.5. The zero-order chi connectivity index (χ0) is 55.0. The molecule has 15 nitrogen and oxygen atoms in total. The number of aromatic nitrogens is 3. The van der Waals surface area contributed by atoms with Gasteiger partial charge in [-0.05, 0) is 81.9 Å². The minimum absolute atomic E-state index is 0.128. The van der Waals surface area contributed by atoms with Crippen molar-refractivity contribution in [2.24, 2.45) is 0 Å². The van der Waals surface area contributed by atoms with Crippen molar-refractivity contribution in [3.63, 3.8) is 0 Å². The third-order valence-electron chi connectivity index (χ3n) is 12.7. The van der Waals surface area contributed by atoms with Crippen LogP contribution in [-0.2, 0) is 52.0 Å². The van der Waals surface area contributed by atoms with E-state index < -0.39 is 52.0 Å². The van der Waals surface area contributed by atoms with E-state index in [1.807, 2.05) is 127 Å². The Labute approximate surface area is 448 Å². The third kappa shape index (κ3) is 11.8. The number of benzene rings is 9. The summed E-state index contributed by atoms with van der Waals surface area (Å²) in [6, 6.07) is 63.2. The van der Waals surface area contributed by atoms with Crippen LogP contribution in [0.15, 0.2) is 222 Å². The summed E-state index contributed by atoms with van der Waals surface area (Å²) in [6.45, 7) is 0. The minimum atomic E-state index is -4.27. The Balaban J connectivity index is 0.000000133. The van der Waals surface area contributed by atoms with Crippen LogP contribution in [0.25, 0.3) is 98.8 Å². The largest absolute Gasteiger partial charge is 0.294 e. The summed E-state index contributed by atoms with van der Waals surface area (Å²) < 4.78 is 128. The van der Waals surface area contributed by atoms with Crippen LogP contribution in [0, 0.1) is 0 Å². The number of para-hydroxylation sites is 2. The highest BCUT2D eigenvalue weighted by atomic mass is 32.2. The second-order valence-electron chi connectivity index (χ2n) is 18.1. The molecule has 0 fully saturated rings. The van der Waals surface area contributed by atoms with Gasteiger partial charge in [0.25, 0.3) is 40.5 Å². The van der Waals surface area contributed by atoms with Crippen LogP contribution in [-0.4, -0.2) is 66.8 Å². The molecule has 0 bridgehead atoms. The summed E-state index contributed by atoms with van der Waals surface area (Å²) in [5.74, 6) is -1.09. The van der Waals surface area contributed by atoms with E-state index in [2.05, 4.69) is 6.07 Å². The molecule has 0 saturated carbocycles. The lowest BCUT2D eigenvalue weighted by molar-refractivity contribution is 0.479. The van der Waals surface area contributed by atoms with Crippen LogP contribution < -0.4 is 0 Å². The van der Waals surface area contributed by atoms with Crippen molar-refractivity contribution in [2.45, 2.75) is 21.3 Å². The van der Waals surface area contributed by atoms with Crippen LogP contribution in [0.4, 0.5) is 0 Å². The van der Waals surface area contributed by atoms with Gasteiger partial charge in [0.2, 0.25) is 0 Å². The summed E-state index contributed by atoms with van der Waals surface area (Å²) in [5, 5.41) is 7.71. The molecule has 0 atom stereocenters. The van der Waals surface area contributed by atoms with E-state index in [0.717, 1.165) is 65.7 Å². The van der Waals surface area contributed by atoms with E-state index in [1.54, 1.807) is 54.6 Å². The van der Waals surface area contributed by atoms with Crippen LogP contribution in [0.5, 0.6) is 0 Å². The fraction of sp³-hybridized carbons (Fsp3) is 0.0339. The van der Waals surface area contributed by atoms with Gasteiger partial charge in [0.05, 0.1) is 43.4 Å². The molecule has 0 saturated heterocycles. The quantitative estimate of drug-likeness (QED) is 0.0774. The lowest BCUT2D eigenvalue weighted by atomic mass is 9.98. The van der Waals surface area contributed by atoms with Crippen molar-refractivity contribution in [1.82, 2.24) is 15.0 Å². The van der Waals surface area contributed by atoms with Crippen LogP contribution >= 0.6 is 0 Å². The first-order valence-corrected chi connectivity index (χ1v) is 29.8. The lowest BCUT2D eigenvalue weighted by Gasteiger charge is -2.12. The van der Waals surface area contributed by atoms with Gasteiger partial charge in [-0.25, -0.2) is 15.0 Å². The molecular weight excluding hydrogens is 1070 g/mol. The molecule has 3 heterocycles. The zero-order valence-corrected chi connectivity index (χ0v) is 43.9. The Kier molecular flexibility index (Phi) is 14.4. The normalized spacial score (nSPS) is 12.1. The maximum atomic E-state index is 11.5. The summed E-state index contributed by atoms with van der Waals surface area (Å²) in [7, 11) is -16.9. The topological polar surface area (TPSA) is 256 Å². The van der Waals surface area contributed by atoms with Crippen molar-refractivity contribution in [1.29, 1.82) is 0 Å². The molecule has 4 N–H and O–H groups in total. The van der Waals surface area contributed by atoms with Crippen molar-refractivity contribution >= 4 is 105 Å². The van der Waals surface area contributed by atoms with Crippen LogP contribution in [0.1, 0.15) is 11.1 Å². The molecule has 0 aliphatic heterocycles. The Hall–Kier alpha value is -8.37. The molecule has 3 aromatic heterocycles. The second-order valence-corrected chi connectivity index (χ2v) is 23.8. The Morgan fingerprint density at radius 3 is 1.14 bits per heavy atom. The lowest BCUT2D eigenvalue weighted by Crippen LogP contribution is -2.02. The zero-order valence-electron chi connectivity index (χ0n) is 40.7. The standard InChI is InChI=1S/C21H17NO6S2.2C19H13NO3S/c23-29(24,25)12-14-6-8-17-18(10-14)19-11-15(13-30(26,27)28)7-9-20(19)22-21(17)16-4-2-1-3-5-16;21-24(22,23)14-11-9-13(10-12-14)19-17-7-2-1-5-15(17)16-6-3-4-8-18(16)20-19;21-24(22,23)14-10-11-15-16-8-4-5-9-18(16)20-19(17(15)12-14)13-6-2-1-3-7-13/h1-11H,12-13H2,(H,23,24,25)(H,26,27,28);2*1-12H,(H,21,22,23). The number of hydrogen-bond donors (Lipinski definition) is 4. The van der Waals surface area contributed by atoms with Gasteiger partial charge in [0, 0.05) is 49.0 Å². The Morgan fingerprint density at radius 2 is 0.641 bits per heavy atom. The molecular formula is C59H43N3O12S4. The first kappa shape index (κ1) is 53.0. The Bertz CT molecular complexity index is 4780. The van der Waals surface area contributed by atoms with Gasteiger partial charge < -0.3 is 0 Å². The van der Waals surface area contributed by atoms with Crippen LogP contribution in [0.2, 0.25) is 0 Å². The summed E-state index contributed by atoms with van der Waals surface area (Å²) in [4.78, 5) is 13.9. The molecule has 19 heteroatoms. The number of hydrogen-bond acceptors (Lipinski definition) is 11. The fourth-order valence-corrected chi connectivity index (χ4v) is 11.5. The molecule has 390 valence electrons. The highest BCUT2D eigenvalue weighted by molar-refractivity contribution is 7.86. The summed E-state index contributed by atoms with van der Waals surface area (Å²) >= 11 is 0. The fourth-order valence-electron chi connectivity index (χ4n) is 9.33. The molecule has 0 amide bonds. The van der Waals surface area contributed by atoms with Gasteiger partial charge in [-0.15, -0.1) is 0 Å². The van der Waals surface area contributed by atoms with Crippen molar-refractivity contribution in [3.8, 4) is 33.8 Å². The third-order valence-corrected chi connectivity index (χ3v) is 15.8. The first-order chi connectivity index (χ1) is 37.2. The molecule has 0 aliphatic rings. The molecule has 9 aromatic carbocycles. The van der Waals surface area contributed by atoms with E-state index in [1.165, 1.54) is 24.3 Å². The SMILES string of the molecule is O=S(=O)(O)Cc1ccc2nc(-c3ccccc3)c3ccc(CS(=O)(=O)O)cc3c2c1.O=S(=O)(O)c1ccc(-c2nc3ccccc3c3ccccc23)cc1.O=S(=O)(O)c1ccc2c(c1)c(-c1ccccc1)nc1ccccc12. The predicted octanol–water partition coefficient (Wildman–Crippen LogP) is 12.4. The summed E-state index contributed by atoms with van der Waals surface area (Å²) in [6.07, 6.45) is 0. The van der Waals surface area contributed by atoms with Crippen molar-refractivity contribution in [2.75, 3.05) is 0 Å². The second kappa shape index (κ2) is 21.2. The number of rotatable bonds is 9. The first-order valence-electron chi connectivity index (χ1n) is 23.7. The molecule has 0 unspecified atom stereocenters. The van der Waals surface area contributed by atoms with E-state index in [-0.39, 0.29) is 9.79 Å². The highest BCUT2D eigenvalue weighted by Crippen LogP contribution is 2.37. The van der Waals surface area contributed by atoms with Crippen LogP contribution in [0.3, 0.4) is 0 Å². The van der Waals surface area contributed by atoms with E-state index in [4.69, 9.17) is 19.5 Å². The molecule has 12 aromatic rings. The van der Waals surface area contributed by atoms with Gasteiger partial charge in [0.15, 0.2) is 0 Å². The van der Waals surface area contributed by atoms with E-state index in [9.17, 15) is 47.3 Å². The maximum Gasteiger partial charge on any atom is 0.294 e. The van der Waals surface area contributed by atoms with Gasteiger partial charge in [-0.1, -0.05) is 158 Å². The molecule has 0 aliphatic carbocycles. The van der Waals surface area contributed by atoms with Gasteiger partial charge in [-0.2, -0.15) is 33.7 Å². The molecule has 0 spiro atoms. The summed E-state index contributed by atoms with van der Waals surface area (Å²) in [5.41, 5.74) is 7.79. The van der Waals surface area contributed by atoms with E-state index >= 15 is 0 Å². The van der Waals surface area contributed by atoms with Gasteiger partial charge in [0.1, 0.15) is 11.5 Å². The number of nitrogens with zero attached hydrogens (tertiary/aromatic N) is 3. The van der Waals surface area contributed by atoms with Crippen molar-refractivity contribution < 1.29 is 51.9 Å². The average molecular weight is 1110 g/mol. The number of fused-ring (bicyclic) bond motifs is 9. The predicted molar refractivity (Wildman–Crippen MR) is 304 cm³/mol. The average Bonchev–Trinajstić information content (AvgIpc) is 3.58. The van der Waals surface area contributed by atoms with Gasteiger partial charge >= 0.3 is 0 Å². The monoisotopic (exact) mass is 1110 g/mol. The molecule has 12 rings (SSSR count). The number of pyridine rings is 3. The van der Waals surface area contributed by atoms with E-state index in [0.29, 0.717) is 44.2 Å².